The molecule has 0 radical (unpaired) electrons. The van der Waals surface area contributed by atoms with Crippen LogP contribution in [-0.4, -0.2) is 63.4 Å². The van der Waals surface area contributed by atoms with Crippen molar-refractivity contribution in [1.29, 1.82) is 0 Å². The zero-order valence-electron chi connectivity index (χ0n) is 22.8. The van der Waals surface area contributed by atoms with Crippen molar-refractivity contribution in [3.8, 4) is 11.4 Å². The molecule has 214 valence electrons. The number of hydrogen-bond acceptors (Lipinski definition) is 7. The molecule has 1 saturated carbocycles. The molecule has 2 aromatic heterocycles. The van der Waals surface area contributed by atoms with Gasteiger partial charge in [0, 0.05) is 60.9 Å². The topological polar surface area (TPSA) is 104 Å². The van der Waals surface area contributed by atoms with Crippen LogP contribution < -0.4 is 5.32 Å². The molecule has 1 amide bonds. The van der Waals surface area contributed by atoms with E-state index in [1.807, 2.05) is 14.0 Å². The summed E-state index contributed by atoms with van der Waals surface area (Å²) in [6, 6.07) is 7.92. The number of hydrogen-bond donors (Lipinski definition) is 2. The number of alkyl halides is 3. The summed E-state index contributed by atoms with van der Waals surface area (Å²) in [4.78, 5) is 22.5. The lowest BCUT2D eigenvalue weighted by molar-refractivity contribution is -0.128. The van der Waals surface area contributed by atoms with Crippen LogP contribution in [0.2, 0.25) is 0 Å². The van der Waals surface area contributed by atoms with Gasteiger partial charge < -0.3 is 19.8 Å². The van der Waals surface area contributed by atoms with Crippen molar-refractivity contribution >= 4 is 5.91 Å². The quantitative estimate of drug-likeness (QED) is 0.438. The van der Waals surface area contributed by atoms with E-state index in [2.05, 4.69) is 25.3 Å². The lowest BCUT2D eigenvalue weighted by Gasteiger charge is -2.55. The van der Waals surface area contributed by atoms with E-state index in [-0.39, 0.29) is 23.4 Å². The molecule has 2 fully saturated rings. The predicted octanol–water partition coefficient (Wildman–Crippen LogP) is 4.59. The van der Waals surface area contributed by atoms with E-state index >= 15 is 0 Å². The third kappa shape index (κ3) is 5.62. The van der Waals surface area contributed by atoms with Gasteiger partial charge in [-0.15, -0.1) is 0 Å². The number of carbonyl (C=O) groups is 1. The molecule has 11 heteroatoms. The summed E-state index contributed by atoms with van der Waals surface area (Å²) in [6.07, 6.45) is 1.16. The van der Waals surface area contributed by atoms with Crippen molar-refractivity contribution < 1.29 is 27.6 Å². The molecule has 3 heterocycles. The van der Waals surface area contributed by atoms with Crippen molar-refractivity contribution in [2.75, 3.05) is 20.1 Å². The van der Waals surface area contributed by atoms with Crippen LogP contribution in [0.5, 0.6) is 0 Å². The highest BCUT2D eigenvalue weighted by Gasteiger charge is 2.55. The van der Waals surface area contributed by atoms with Crippen molar-refractivity contribution in [2.45, 2.75) is 69.7 Å². The first-order valence-electron chi connectivity index (χ1n) is 13.5. The molecule has 5 rings (SSSR count). The third-order valence-corrected chi connectivity index (χ3v) is 8.23. The molecular formula is C29H34F3N5O3. The zero-order chi connectivity index (χ0) is 28.7. The maximum atomic E-state index is 12.9. The second-order valence-corrected chi connectivity index (χ2v) is 11.6. The van der Waals surface area contributed by atoms with Gasteiger partial charge in [0.15, 0.2) is 0 Å². The Labute approximate surface area is 231 Å². The Kier molecular flexibility index (Phi) is 7.47. The number of likely N-dealkylation sites (tertiary alicyclic amines) is 1. The monoisotopic (exact) mass is 557 g/mol. The van der Waals surface area contributed by atoms with E-state index in [0.717, 1.165) is 25.7 Å². The van der Waals surface area contributed by atoms with Gasteiger partial charge in [0.2, 0.25) is 17.6 Å². The Bertz CT molecular complexity index is 1350. The van der Waals surface area contributed by atoms with E-state index in [1.165, 1.54) is 19.1 Å². The largest absolute Gasteiger partial charge is 0.393 e. The molecule has 1 atom stereocenters. The van der Waals surface area contributed by atoms with Gasteiger partial charge in [-0.3, -0.25) is 9.78 Å². The number of carbonyl (C=O) groups excluding carboxylic acids is 1. The highest BCUT2D eigenvalue weighted by molar-refractivity contribution is 5.73. The average molecular weight is 558 g/mol. The molecule has 1 saturated heterocycles. The van der Waals surface area contributed by atoms with Crippen LogP contribution in [0, 0.1) is 5.41 Å². The van der Waals surface area contributed by atoms with Crippen LogP contribution >= 0.6 is 0 Å². The maximum Gasteiger partial charge on any atom is 0.393 e. The Morgan fingerprint density at radius 3 is 2.40 bits per heavy atom. The Balaban J connectivity index is 1.42. The highest BCUT2D eigenvalue weighted by atomic mass is 19.4. The molecule has 1 aliphatic heterocycles. The zero-order valence-corrected chi connectivity index (χ0v) is 22.8. The number of nitrogens with one attached hydrogen (secondary N) is 1. The van der Waals surface area contributed by atoms with Crippen LogP contribution in [0.25, 0.3) is 11.4 Å². The molecule has 8 nitrogen and oxygen atoms in total. The van der Waals surface area contributed by atoms with Gasteiger partial charge in [0.05, 0.1) is 6.42 Å². The minimum Gasteiger partial charge on any atom is -0.380 e. The van der Waals surface area contributed by atoms with Gasteiger partial charge >= 0.3 is 6.18 Å². The Hall–Kier alpha value is -3.31. The predicted molar refractivity (Wildman–Crippen MR) is 141 cm³/mol. The molecule has 40 heavy (non-hydrogen) atoms. The fourth-order valence-corrected chi connectivity index (χ4v) is 6.38. The van der Waals surface area contributed by atoms with Crippen molar-refractivity contribution in [1.82, 2.24) is 25.3 Å². The van der Waals surface area contributed by atoms with Crippen molar-refractivity contribution in [2.24, 2.45) is 5.41 Å². The average Bonchev–Trinajstić information content (AvgIpc) is 3.37. The Morgan fingerprint density at radius 1 is 1.12 bits per heavy atom. The number of nitrogens with zero attached hydrogens (tertiary/aromatic N) is 4. The number of pyridine rings is 1. The molecule has 0 bridgehead atoms. The molecule has 2 aliphatic rings. The normalized spacial score (nSPS) is 22.8. The van der Waals surface area contributed by atoms with Crippen LogP contribution in [-0.2, 0) is 16.8 Å². The van der Waals surface area contributed by atoms with Crippen molar-refractivity contribution in [3.05, 3.63) is 65.3 Å². The highest BCUT2D eigenvalue weighted by Crippen LogP contribution is 2.50. The summed E-state index contributed by atoms with van der Waals surface area (Å²) in [7, 11) is 1.95. The molecule has 1 aromatic carbocycles. The smallest absolute Gasteiger partial charge is 0.380 e. The number of amides is 1. The number of aromatic nitrogens is 3. The van der Waals surface area contributed by atoms with E-state index in [0.29, 0.717) is 41.5 Å². The first-order valence-corrected chi connectivity index (χ1v) is 13.5. The van der Waals surface area contributed by atoms with Gasteiger partial charge in [0.1, 0.15) is 5.60 Å². The molecular weight excluding hydrogens is 523 g/mol. The third-order valence-electron chi connectivity index (χ3n) is 8.23. The fourth-order valence-electron chi connectivity index (χ4n) is 6.38. The maximum absolute atomic E-state index is 12.9. The Morgan fingerprint density at radius 2 is 1.80 bits per heavy atom. The fraction of sp³-hybridized carbons (Fsp3) is 0.517. The number of rotatable bonds is 7. The SMILES string of the molecule is CC(=O)NC1CCC(c2nc(-c3cncc([C@@](O)(c4ccc(CC(F)(F)F)cc4)C4(C)CN(C)C4)c3)no2)CC1. The number of aliphatic hydroxyl groups is 1. The molecule has 0 spiro atoms. The van der Waals surface area contributed by atoms with Crippen LogP contribution in [0.4, 0.5) is 13.2 Å². The van der Waals surface area contributed by atoms with E-state index in [1.54, 1.807) is 30.6 Å². The first-order chi connectivity index (χ1) is 18.9. The summed E-state index contributed by atoms with van der Waals surface area (Å²) in [6.45, 7) is 4.66. The summed E-state index contributed by atoms with van der Waals surface area (Å²) in [5, 5.41) is 19.5. The number of benzene rings is 1. The minimum atomic E-state index is -4.31. The van der Waals surface area contributed by atoms with Crippen LogP contribution in [0.1, 0.15) is 68.0 Å². The molecule has 2 N–H and O–H groups in total. The molecule has 3 aromatic rings. The lowest BCUT2D eigenvalue weighted by atomic mass is 9.62. The molecule has 1 aliphatic carbocycles. The van der Waals surface area contributed by atoms with Gasteiger partial charge in [-0.1, -0.05) is 36.3 Å². The van der Waals surface area contributed by atoms with Gasteiger partial charge in [0.25, 0.3) is 0 Å². The standard InChI is InChI=1S/C29H34F3N5O3/c1-18(38)34-24-10-6-20(7-11-24)26-35-25(36-40-26)21-12-23(15-33-14-21)29(39,27(2)16-37(3)17-27)22-8-4-19(5-9-22)13-28(30,31)32/h4-5,8-9,12,14-15,20,24,39H,6-7,10-11,13,16-17H2,1-3H3,(H,34,38)/t20?,24?,29-/m0/s1. The number of halogens is 3. The van der Waals surface area contributed by atoms with Gasteiger partial charge in [-0.25, -0.2) is 0 Å². The second-order valence-electron chi connectivity index (χ2n) is 11.6. The summed E-state index contributed by atoms with van der Waals surface area (Å²) in [5.41, 5.74) is -0.421. The summed E-state index contributed by atoms with van der Waals surface area (Å²) >= 11 is 0. The van der Waals surface area contributed by atoms with Crippen molar-refractivity contribution in [3.63, 3.8) is 0 Å². The van der Waals surface area contributed by atoms with E-state index in [9.17, 15) is 23.1 Å². The van der Waals surface area contributed by atoms with Crippen LogP contribution in [0.15, 0.2) is 47.2 Å². The van der Waals surface area contributed by atoms with Gasteiger partial charge in [-0.2, -0.15) is 18.2 Å². The lowest BCUT2D eigenvalue weighted by Crippen LogP contribution is -2.63. The first kappa shape index (κ1) is 28.2. The second kappa shape index (κ2) is 10.6. The summed E-state index contributed by atoms with van der Waals surface area (Å²) < 4.78 is 44.4. The van der Waals surface area contributed by atoms with E-state index in [4.69, 9.17) is 4.52 Å². The van der Waals surface area contributed by atoms with Gasteiger partial charge in [-0.05, 0) is 49.9 Å². The molecule has 0 unspecified atom stereocenters. The van der Waals surface area contributed by atoms with Crippen LogP contribution in [0.3, 0.4) is 0 Å². The minimum absolute atomic E-state index is 0.0319. The van der Waals surface area contributed by atoms with E-state index < -0.39 is 23.6 Å². The summed E-state index contributed by atoms with van der Waals surface area (Å²) in [5.74, 6) is 0.950.